The SMILES string of the molecule is COC(=O)C1CCN(S(=O)(=O)N2CCNC(=O)CC2)CC1. The van der Waals surface area contributed by atoms with Crippen molar-refractivity contribution >= 4 is 22.1 Å². The molecule has 2 saturated heterocycles. The van der Waals surface area contributed by atoms with E-state index in [1.165, 1.54) is 15.7 Å². The van der Waals surface area contributed by atoms with Crippen molar-refractivity contribution in [3.8, 4) is 0 Å². The largest absolute Gasteiger partial charge is 0.469 e. The van der Waals surface area contributed by atoms with Crippen molar-refractivity contribution < 1.29 is 22.7 Å². The Morgan fingerprint density at radius 3 is 2.43 bits per heavy atom. The van der Waals surface area contributed by atoms with Crippen LogP contribution in [-0.4, -0.2) is 68.7 Å². The normalized spacial score (nSPS) is 23.4. The molecule has 0 aromatic carbocycles. The molecule has 9 heteroatoms. The van der Waals surface area contributed by atoms with Crippen molar-refractivity contribution in [1.82, 2.24) is 13.9 Å². The van der Waals surface area contributed by atoms with Crippen LogP contribution in [0.2, 0.25) is 0 Å². The molecular weight excluding hydrogens is 298 g/mol. The van der Waals surface area contributed by atoms with Gasteiger partial charge in [0.1, 0.15) is 0 Å². The minimum atomic E-state index is -3.57. The highest BCUT2D eigenvalue weighted by atomic mass is 32.2. The fourth-order valence-electron chi connectivity index (χ4n) is 2.63. The highest BCUT2D eigenvalue weighted by Crippen LogP contribution is 2.22. The zero-order valence-electron chi connectivity index (χ0n) is 12.1. The first-order chi connectivity index (χ1) is 9.95. The summed E-state index contributed by atoms with van der Waals surface area (Å²) in [5, 5.41) is 2.65. The molecule has 1 amide bonds. The molecular formula is C12H21N3O5S. The van der Waals surface area contributed by atoms with Gasteiger partial charge in [-0.2, -0.15) is 17.0 Å². The number of amides is 1. The maximum Gasteiger partial charge on any atom is 0.308 e. The van der Waals surface area contributed by atoms with Gasteiger partial charge in [-0.05, 0) is 12.8 Å². The predicted octanol–water partition coefficient (Wildman–Crippen LogP) is -1.06. The molecule has 0 radical (unpaired) electrons. The van der Waals surface area contributed by atoms with Crippen LogP contribution in [0.25, 0.3) is 0 Å². The van der Waals surface area contributed by atoms with Crippen molar-refractivity contribution in [3.63, 3.8) is 0 Å². The molecule has 1 N–H and O–H groups in total. The molecule has 0 aliphatic carbocycles. The third-order valence-corrected chi connectivity index (χ3v) is 5.95. The third kappa shape index (κ3) is 3.72. The molecule has 0 aromatic rings. The highest BCUT2D eigenvalue weighted by Gasteiger charge is 2.35. The number of piperidine rings is 1. The summed E-state index contributed by atoms with van der Waals surface area (Å²) < 4.78 is 32.5. The van der Waals surface area contributed by atoms with Gasteiger partial charge in [0.15, 0.2) is 0 Å². The first kappa shape index (κ1) is 16.2. The lowest BCUT2D eigenvalue weighted by atomic mass is 9.99. The number of hydrogen-bond donors (Lipinski definition) is 1. The van der Waals surface area contributed by atoms with E-state index < -0.39 is 10.2 Å². The van der Waals surface area contributed by atoms with Gasteiger partial charge in [0.05, 0.1) is 13.0 Å². The summed E-state index contributed by atoms with van der Waals surface area (Å²) in [7, 11) is -2.23. The molecule has 0 saturated carbocycles. The first-order valence-electron chi connectivity index (χ1n) is 7.05. The van der Waals surface area contributed by atoms with E-state index in [4.69, 9.17) is 4.74 Å². The number of methoxy groups -OCH3 is 1. The third-order valence-electron chi connectivity index (χ3n) is 3.91. The minimum Gasteiger partial charge on any atom is -0.469 e. The molecule has 0 bridgehead atoms. The van der Waals surface area contributed by atoms with Crippen molar-refractivity contribution in [2.24, 2.45) is 5.92 Å². The van der Waals surface area contributed by atoms with E-state index in [1.54, 1.807) is 0 Å². The minimum absolute atomic E-state index is 0.128. The summed E-state index contributed by atoms with van der Waals surface area (Å²) in [4.78, 5) is 22.7. The molecule has 2 heterocycles. The zero-order chi connectivity index (χ0) is 15.5. The van der Waals surface area contributed by atoms with Gasteiger partial charge in [-0.25, -0.2) is 0 Å². The van der Waals surface area contributed by atoms with E-state index in [-0.39, 0.29) is 37.3 Å². The maximum absolute atomic E-state index is 12.5. The lowest BCUT2D eigenvalue weighted by molar-refractivity contribution is -0.146. The van der Waals surface area contributed by atoms with E-state index in [2.05, 4.69) is 5.32 Å². The summed E-state index contributed by atoms with van der Waals surface area (Å²) in [6.07, 6.45) is 1.12. The Bertz CT molecular complexity index is 499. The Morgan fingerprint density at radius 1 is 1.19 bits per heavy atom. The highest BCUT2D eigenvalue weighted by molar-refractivity contribution is 7.86. The van der Waals surface area contributed by atoms with Gasteiger partial charge >= 0.3 is 5.97 Å². The van der Waals surface area contributed by atoms with E-state index in [0.29, 0.717) is 32.5 Å². The quantitative estimate of drug-likeness (QED) is 0.669. The van der Waals surface area contributed by atoms with Crippen molar-refractivity contribution in [3.05, 3.63) is 0 Å². The maximum atomic E-state index is 12.5. The summed E-state index contributed by atoms with van der Waals surface area (Å²) >= 11 is 0. The van der Waals surface area contributed by atoms with E-state index in [9.17, 15) is 18.0 Å². The molecule has 8 nitrogen and oxygen atoms in total. The summed E-state index contributed by atoms with van der Waals surface area (Å²) in [5.41, 5.74) is 0. The Kier molecular flexibility index (Phi) is 5.17. The number of ether oxygens (including phenoxy) is 1. The molecule has 2 rings (SSSR count). The van der Waals surface area contributed by atoms with Crippen LogP contribution >= 0.6 is 0 Å². The Labute approximate surface area is 124 Å². The average Bonchev–Trinajstić information content (AvgIpc) is 2.71. The second-order valence-corrected chi connectivity index (χ2v) is 7.13. The number of carbonyl (C=O) groups is 2. The Hall–Kier alpha value is -1.19. The predicted molar refractivity (Wildman–Crippen MR) is 74.4 cm³/mol. The zero-order valence-corrected chi connectivity index (χ0v) is 12.9. The van der Waals surface area contributed by atoms with Crippen LogP contribution in [0.5, 0.6) is 0 Å². The average molecular weight is 319 g/mol. The van der Waals surface area contributed by atoms with Crippen molar-refractivity contribution in [2.75, 3.05) is 39.8 Å². The van der Waals surface area contributed by atoms with Crippen LogP contribution < -0.4 is 5.32 Å². The monoisotopic (exact) mass is 319 g/mol. The van der Waals surface area contributed by atoms with E-state index in [0.717, 1.165) is 0 Å². The fourth-order valence-corrected chi connectivity index (χ4v) is 4.27. The Balaban J connectivity index is 1.97. The summed E-state index contributed by atoms with van der Waals surface area (Å²) in [5.74, 6) is -0.637. The molecule has 0 spiro atoms. The lowest BCUT2D eigenvalue weighted by Crippen LogP contribution is -2.48. The van der Waals surface area contributed by atoms with Gasteiger partial charge in [-0.3, -0.25) is 9.59 Å². The number of carbonyl (C=O) groups excluding carboxylic acids is 2. The van der Waals surface area contributed by atoms with E-state index in [1.807, 2.05) is 0 Å². The number of rotatable bonds is 3. The van der Waals surface area contributed by atoms with Crippen LogP contribution in [0.15, 0.2) is 0 Å². The summed E-state index contributed by atoms with van der Waals surface area (Å²) in [6.45, 7) is 1.42. The number of nitrogens with zero attached hydrogens (tertiary/aromatic N) is 2. The van der Waals surface area contributed by atoms with Crippen molar-refractivity contribution in [1.29, 1.82) is 0 Å². The van der Waals surface area contributed by atoms with Gasteiger partial charge in [0.2, 0.25) is 5.91 Å². The topological polar surface area (TPSA) is 96.0 Å². The van der Waals surface area contributed by atoms with Crippen molar-refractivity contribution in [2.45, 2.75) is 19.3 Å². The number of esters is 1. The Morgan fingerprint density at radius 2 is 1.81 bits per heavy atom. The van der Waals surface area contributed by atoms with E-state index >= 15 is 0 Å². The second-order valence-electron chi connectivity index (χ2n) is 5.20. The fraction of sp³-hybridized carbons (Fsp3) is 0.833. The van der Waals surface area contributed by atoms with Crippen LogP contribution in [0.4, 0.5) is 0 Å². The molecule has 0 unspecified atom stereocenters. The summed E-state index contributed by atoms with van der Waals surface area (Å²) in [6, 6.07) is 0. The van der Waals surface area contributed by atoms with Gasteiger partial charge in [-0.1, -0.05) is 0 Å². The molecule has 2 aliphatic heterocycles. The number of nitrogens with one attached hydrogen (secondary N) is 1. The first-order valence-corrected chi connectivity index (χ1v) is 8.44. The number of hydrogen-bond acceptors (Lipinski definition) is 5. The van der Waals surface area contributed by atoms with Crippen LogP contribution in [0.3, 0.4) is 0 Å². The van der Waals surface area contributed by atoms with Gasteiger partial charge in [0, 0.05) is 39.1 Å². The smallest absolute Gasteiger partial charge is 0.308 e. The molecule has 120 valence electrons. The molecule has 2 aliphatic rings. The van der Waals surface area contributed by atoms with Crippen LogP contribution in [0, 0.1) is 5.92 Å². The molecule has 21 heavy (non-hydrogen) atoms. The van der Waals surface area contributed by atoms with Crippen LogP contribution in [-0.2, 0) is 24.5 Å². The lowest BCUT2D eigenvalue weighted by Gasteiger charge is -2.33. The van der Waals surface area contributed by atoms with Gasteiger partial charge in [0.25, 0.3) is 10.2 Å². The van der Waals surface area contributed by atoms with Gasteiger partial charge in [-0.15, -0.1) is 0 Å². The standard InChI is InChI=1S/C12H21N3O5S/c1-20-12(17)10-2-6-14(7-3-10)21(18,19)15-8-4-11(16)13-5-9-15/h10H,2-9H2,1H3,(H,13,16). The molecule has 0 atom stereocenters. The molecule has 2 fully saturated rings. The van der Waals surface area contributed by atoms with Gasteiger partial charge < -0.3 is 10.1 Å². The molecule has 0 aromatic heterocycles. The second kappa shape index (κ2) is 6.71. The van der Waals surface area contributed by atoms with Crippen LogP contribution in [0.1, 0.15) is 19.3 Å².